The van der Waals surface area contributed by atoms with Crippen LogP contribution in [-0.2, 0) is 29.0 Å². The molecule has 2 rings (SSSR count). The molecule has 14 heteroatoms. The average molecular weight is 430 g/mol. The molecular formula is C13H15N2NaO9S2. The Balaban J connectivity index is 0.00000364. The number of rotatable bonds is 7. The van der Waals surface area contributed by atoms with Gasteiger partial charge < -0.3 is 20.4 Å². The maximum Gasteiger partial charge on any atom is 1.00 e. The van der Waals surface area contributed by atoms with Crippen LogP contribution in [0.2, 0.25) is 0 Å². The largest absolute Gasteiger partial charge is 1.00 e. The Morgan fingerprint density at radius 2 is 2.07 bits per heavy atom. The second kappa shape index (κ2) is 8.61. The van der Waals surface area contributed by atoms with E-state index in [4.69, 9.17) is 4.55 Å². The van der Waals surface area contributed by atoms with Gasteiger partial charge in [-0.2, -0.15) is 8.42 Å². The molecule has 2 aliphatic rings. The van der Waals surface area contributed by atoms with Gasteiger partial charge in [0.05, 0.1) is 12.0 Å². The minimum Gasteiger partial charge on any atom is -0.827 e. The first-order chi connectivity index (χ1) is 11.8. The second-order valence-electron chi connectivity index (χ2n) is 5.68. The Hall–Kier alpha value is -0.930. The van der Waals surface area contributed by atoms with Crippen LogP contribution in [0.1, 0.15) is 20.3 Å². The van der Waals surface area contributed by atoms with E-state index < -0.39 is 40.0 Å². The number of carbonyl (C=O) groups excluding carboxylic acids is 2. The summed E-state index contributed by atoms with van der Waals surface area (Å²) in [5.41, 5.74) is -0.323. The van der Waals surface area contributed by atoms with E-state index in [2.05, 4.69) is 9.50 Å². The Morgan fingerprint density at radius 3 is 2.56 bits per heavy atom. The van der Waals surface area contributed by atoms with Crippen molar-refractivity contribution in [3.8, 4) is 0 Å². The van der Waals surface area contributed by atoms with Gasteiger partial charge in [0.25, 0.3) is 0 Å². The first-order valence-electron chi connectivity index (χ1n) is 7.12. The molecule has 3 N–H and O–H groups in total. The molecule has 0 bridgehead atoms. The first kappa shape index (κ1) is 24.1. The van der Waals surface area contributed by atoms with Gasteiger partial charge in [0.1, 0.15) is 5.70 Å². The van der Waals surface area contributed by atoms with Crippen molar-refractivity contribution in [3.63, 3.8) is 0 Å². The number of nitrogens with one attached hydrogen (secondary N) is 1. The smallest absolute Gasteiger partial charge is 0.827 e. The van der Waals surface area contributed by atoms with E-state index in [1.165, 1.54) is 18.5 Å². The Bertz CT molecular complexity index is 822. The molecule has 0 saturated carbocycles. The number of thioether (sulfide) groups is 1. The van der Waals surface area contributed by atoms with E-state index in [1.807, 2.05) is 0 Å². The van der Waals surface area contributed by atoms with Gasteiger partial charge in [-0.15, -0.1) is 0 Å². The fourth-order valence-electron chi connectivity index (χ4n) is 2.88. The molecule has 11 nitrogen and oxygen atoms in total. The van der Waals surface area contributed by atoms with E-state index in [1.54, 1.807) is 0 Å². The van der Waals surface area contributed by atoms with Crippen LogP contribution in [0.3, 0.4) is 0 Å². The number of hydrogen-bond acceptors (Lipinski definition) is 8. The molecule has 0 aromatic heterocycles. The number of carboxylic acids is 1. The van der Waals surface area contributed by atoms with Crippen molar-refractivity contribution in [2.24, 2.45) is 5.92 Å². The van der Waals surface area contributed by atoms with Crippen molar-refractivity contribution in [1.29, 1.82) is 0 Å². The molecule has 2 aliphatic heterocycles. The van der Waals surface area contributed by atoms with Gasteiger partial charge in [0, 0.05) is 30.2 Å². The zero-order chi connectivity index (χ0) is 19.9. The molecule has 144 valence electrons. The SMILES string of the molecule is CC(=O)NC=CSC1=C(C(=O)O)N2C(=O)[C@@H]([C@@](C)([O-])OS(=O)(=O)O)[C@H]2C1.[Na+]. The molecule has 0 unspecified atom stereocenters. The molecule has 1 saturated heterocycles. The number of β-lactam (4-membered cyclic amide) rings is 1. The number of carbonyl (C=O) groups is 3. The molecule has 0 aromatic carbocycles. The number of amides is 2. The van der Waals surface area contributed by atoms with Crippen molar-refractivity contribution in [1.82, 2.24) is 10.2 Å². The molecule has 27 heavy (non-hydrogen) atoms. The zero-order valence-electron chi connectivity index (χ0n) is 14.5. The molecule has 0 aromatic rings. The van der Waals surface area contributed by atoms with Crippen LogP contribution in [0.25, 0.3) is 0 Å². The predicted octanol–water partition coefficient (Wildman–Crippen LogP) is -4.25. The Labute approximate surface area is 181 Å². The maximum absolute atomic E-state index is 12.3. The molecule has 1 fully saturated rings. The normalized spacial score (nSPS) is 24.1. The average Bonchev–Trinajstić information content (AvgIpc) is 2.74. The molecule has 2 heterocycles. The molecule has 3 atom stereocenters. The minimum atomic E-state index is -5.09. The van der Waals surface area contributed by atoms with Gasteiger partial charge >= 0.3 is 45.9 Å². The van der Waals surface area contributed by atoms with Crippen molar-refractivity contribution >= 4 is 39.9 Å². The molecule has 0 radical (unpaired) electrons. The summed E-state index contributed by atoms with van der Waals surface area (Å²) in [6, 6.07) is -0.908. The van der Waals surface area contributed by atoms with E-state index in [9.17, 15) is 33.0 Å². The fraction of sp³-hybridized carbons (Fsp3) is 0.462. The predicted molar refractivity (Wildman–Crippen MR) is 85.0 cm³/mol. The fourth-order valence-corrected chi connectivity index (χ4v) is 4.27. The summed E-state index contributed by atoms with van der Waals surface area (Å²) in [7, 11) is -5.09. The summed E-state index contributed by atoms with van der Waals surface area (Å²) in [4.78, 5) is 35.6. The van der Waals surface area contributed by atoms with Gasteiger partial charge in [-0.1, -0.05) is 11.8 Å². The maximum atomic E-state index is 12.3. The number of fused-ring (bicyclic) bond motifs is 1. The third-order valence-electron chi connectivity index (χ3n) is 3.72. The molecule has 2 amide bonds. The van der Waals surface area contributed by atoms with Gasteiger partial charge in [0.15, 0.2) is 0 Å². The Kier molecular flexibility index (Phi) is 7.69. The summed E-state index contributed by atoms with van der Waals surface area (Å²) in [6.07, 6.45) is 1.27. The number of aliphatic carboxylic acids is 1. The van der Waals surface area contributed by atoms with Crippen LogP contribution in [0.4, 0.5) is 0 Å². The van der Waals surface area contributed by atoms with Gasteiger partial charge in [-0.05, 0) is 12.3 Å². The van der Waals surface area contributed by atoms with Crippen LogP contribution >= 0.6 is 11.8 Å². The summed E-state index contributed by atoms with van der Waals surface area (Å²) < 4.78 is 34.4. The van der Waals surface area contributed by atoms with Crippen molar-refractivity contribution in [3.05, 3.63) is 22.2 Å². The zero-order valence-corrected chi connectivity index (χ0v) is 18.2. The van der Waals surface area contributed by atoms with Crippen molar-refractivity contribution in [2.45, 2.75) is 32.1 Å². The van der Waals surface area contributed by atoms with Gasteiger partial charge in [0.2, 0.25) is 11.8 Å². The van der Waals surface area contributed by atoms with Crippen LogP contribution < -0.4 is 40.0 Å². The minimum absolute atomic E-state index is 0. The van der Waals surface area contributed by atoms with Gasteiger partial charge in [-0.3, -0.25) is 18.3 Å². The number of carboxylic acid groups (broad SMARTS) is 1. The standard InChI is InChI=1S/C13H15N2O9S2.Na/c1-6(16)14-3-4-25-8-5-7-9(13(2,20)24-26(21,22)23)11(17)15(7)10(8)12(18)19;/h3-4,7,9H,5H2,1-2H3,(H,14,16)(H,18,19)(H,21,22,23);/q-1;+1/t7-,9+,13+;/m1./s1. The summed E-state index contributed by atoms with van der Waals surface area (Å²) >= 11 is 0.937. The van der Waals surface area contributed by atoms with Crippen LogP contribution in [0, 0.1) is 5.92 Å². The third-order valence-corrected chi connectivity index (χ3v) is 5.18. The monoisotopic (exact) mass is 430 g/mol. The molecule has 0 spiro atoms. The van der Waals surface area contributed by atoms with Crippen molar-refractivity contribution < 1.29 is 71.3 Å². The van der Waals surface area contributed by atoms with E-state index in [0.29, 0.717) is 0 Å². The summed E-state index contributed by atoms with van der Waals surface area (Å²) in [5, 5.41) is 25.4. The van der Waals surface area contributed by atoms with Crippen LogP contribution in [0.15, 0.2) is 22.2 Å². The van der Waals surface area contributed by atoms with Gasteiger partial charge in [-0.25, -0.2) is 4.79 Å². The number of hydrogen-bond donors (Lipinski definition) is 3. The topological polar surface area (TPSA) is 173 Å². The first-order valence-corrected chi connectivity index (χ1v) is 9.36. The summed E-state index contributed by atoms with van der Waals surface area (Å²) in [5.74, 6) is -6.91. The van der Waals surface area contributed by atoms with Crippen LogP contribution in [-0.4, -0.2) is 52.6 Å². The molecule has 0 aliphatic carbocycles. The van der Waals surface area contributed by atoms with E-state index in [-0.39, 0.29) is 52.5 Å². The second-order valence-corrected chi connectivity index (χ2v) is 7.71. The summed E-state index contributed by atoms with van der Waals surface area (Å²) in [6.45, 7) is 2.06. The molecular weight excluding hydrogens is 415 g/mol. The third kappa shape index (κ3) is 5.32. The van der Waals surface area contributed by atoms with Crippen LogP contribution in [0.5, 0.6) is 0 Å². The Morgan fingerprint density at radius 1 is 1.48 bits per heavy atom. The van der Waals surface area contributed by atoms with E-state index >= 15 is 0 Å². The quantitative estimate of drug-likeness (QED) is 0.155. The number of nitrogens with zero attached hydrogens (tertiary/aromatic N) is 1. The van der Waals surface area contributed by atoms with Crippen molar-refractivity contribution in [2.75, 3.05) is 0 Å². The van der Waals surface area contributed by atoms with E-state index in [0.717, 1.165) is 23.6 Å².